The van der Waals surface area contributed by atoms with Gasteiger partial charge in [-0.25, -0.2) is 9.98 Å². The van der Waals surface area contributed by atoms with Gasteiger partial charge < -0.3 is 20.1 Å². The Kier molecular flexibility index (Phi) is 5.63. The highest BCUT2D eigenvalue weighted by atomic mass is 16.5. The molecule has 0 saturated carbocycles. The zero-order valence-electron chi connectivity index (χ0n) is 16.7. The molecular formula is C18H30N4O4. The van der Waals surface area contributed by atoms with E-state index in [1.54, 1.807) is 0 Å². The molecule has 0 unspecified atom stereocenters. The molecule has 0 aromatic rings. The van der Waals surface area contributed by atoms with E-state index in [-0.39, 0.29) is 42.0 Å². The van der Waals surface area contributed by atoms with Crippen molar-refractivity contribution in [1.29, 1.82) is 0 Å². The SMILES string of the molecule is CC(C1=N[C@H](C(=O)NC(C)(C)C)CO1)C1=N[C@H](C(=O)NC(C)(C)C)CO1. The summed E-state index contributed by atoms with van der Waals surface area (Å²) in [4.78, 5) is 33.2. The maximum absolute atomic E-state index is 12.2. The molecule has 0 aromatic carbocycles. The van der Waals surface area contributed by atoms with Crippen LogP contribution in [0.3, 0.4) is 0 Å². The monoisotopic (exact) mass is 366 g/mol. The van der Waals surface area contributed by atoms with E-state index in [0.717, 1.165) is 0 Å². The van der Waals surface area contributed by atoms with Crippen molar-refractivity contribution in [2.75, 3.05) is 13.2 Å². The Morgan fingerprint density at radius 2 is 1.23 bits per heavy atom. The molecule has 0 fully saturated rings. The van der Waals surface area contributed by atoms with Crippen molar-refractivity contribution in [2.45, 2.75) is 71.6 Å². The van der Waals surface area contributed by atoms with Gasteiger partial charge in [0.1, 0.15) is 19.1 Å². The van der Waals surface area contributed by atoms with Gasteiger partial charge >= 0.3 is 0 Å². The Morgan fingerprint density at radius 1 is 0.885 bits per heavy atom. The summed E-state index contributed by atoms with van der Waals surface area (Å²) in [6.07, 6.45) is 0. The van der Waals surface area contributed by atoms with E-state index in [1.807, 2.05) is 48.5 Å². The minimum Gasteiger partial charge on any atom is -0.478 e. The molecule has 26 heavy (non-hydrogen) atoms. The van der Waals surface area contributed by atoms with Gasteiger partial charge in [-0.1, -0.05) is 0 Å². The van der Waals surface area contributed by atoms with Crippen molar-refractivity contribution in [3.8, 4) is 0 Å². The first-order valence-electron chi connectivity index (χ1n) is 8.91. The Labute approximate surface area is 154 Å². The van der Waals surface area contributed by atoms with Gasteiger partial charge in [-0.05, 0) is 48.5 Å². The fourth-order valence-electron chi connectivity index (χ4n) is 2.54. The smallest absolute Gasteiger partial charge is 0.248 e. The summed E-state index contributed by atoms with van der Waals surface area (Å²) in [5.74, 6) is 0.145. The molecule has 8 heteroatoms. The van der Waals surface area contributed by atoms with Gasteiger partial charge in [0.25, 0.3) is 0 Å². The van der Waals surface area contributed by atoms with Crippen molar-refractivity contribution in [3.05, 3.63) is 0 Å². The predicted octanol–water partition coefficient (Wildman–Crippen LogP) is 1.05. The van der Waals surface area contributed by atoms with Crippen LogP contribution in [0.1, 0.15) is 48.5 Å². The molecule has 2 aliphatic heterocycles. The summed E-state index contributed by atoms with van der Waals surface area (Å²) in [5, 5.41) is 5.79. The molecule has 0 saturated heterocycles. The van der Waals surface area contributed by atoms with Gasteiger partial charge in [0.15, 0.2) is 23.9 Å². The third-order valence-corrected chi connectivity index (χ3v) is 3.69. The number of nitrogens with zero attached hydrogens (tertiary/aromatic N) is 2. The summed E-state index contributed by atoms with van der Waals surface area (Å²) in [5.41, 5.74) is -0.652. The molecule has 0 aromatic heterocycles. The lowest BCUT2D eigenvalue weighted by Gasteiger charge is -2.21. The molecule has 8 nitrogen and oxygen atoms in total. The highest BCUT2D eigenvalue weighted by molar-refractivity contribution is 6.03. The summed E-state index contributed by atoms with van der Waals surface area (Å²) in [7, 11) is 0. The zero-order chi connectivity index (χ0) is 19.7. The van der Waals surface area contributed by atoms with Crippen molar-refractivity contribution in [2.24, 2.45) is 15.9 Å². The van der Waals surface area contributed by atoms with Gasteiger partial charge in [0.05, 0.1) is 0 Å². The van der Waals surface area contributed by atoms with Crippen LogP contribution < -0.4 is 10.6 Å². The number of carbonyl (C=O) groups excluding carboxylic acids is 2. The lowest BCUT2D eigenvalue weighted by atomic mass is 10.1. The fraction of sp³-hybridized carbons (Fsp3) is 0.778. The zero-order valence-corrected chi connectivity index (χ0v) is 16.7. The minimum absolute atomic E-state index is 0.170. The molecule has 0 aliphatic carbocycles. The number of rotatable bonds is 4. The quantitative estimate of drug-likeness (QED) is 0.776. The second-order valence-electron chi connectivity index (χ2n) is 8.79. The molecule has 2 heterocycles. The number of carbonyl (C=O) groups is 2. The Hall–Kier alpha value is -2.12. The first kappa shape index (κ1) is 20.2. The van der Waals surface area contributed by atoms with Crippen LogP contribution in [0.15, 0.2) is 9.98 Å². The molecule has 0 spiro atoms. The average molecular weight is 366 g/mol. The Morgan fingerprint density at radius 3 is 1.54 bits per heavy atom. The van der Waals surface area contributed by atoms with Crippen molar-refractivity contribution < 1.29 is 19.1 Å². The summed E-state index contributed by atoms with van der Waals surface area (Å²) in [6, 6.07) is -1.15. The molecule has 2 atom stereocenters. The molecule has 2 rings (SSSR count). The molecule has 2 aliphatic rings. The van der Waals surface area contributed by atoms with Crippen LogP contribution >= 0.6 is 0 Å². The molecule has 0 bridgehead atoms. The number of amides is 2. The summed E-state index contributed by atoms with van der Waals surface area (Å²) < 4.78 is 11.2. The molecule has 2 amide bonds. The number of ether oxygens (including phenoxy) is 2. The van der Waals surface area contributed by atoms with Gasteiger partial charge in [-0.2, -0.15) is 0 Å². The first-order valence-corrected chi connectivity index (χ1v) is 8.91. The average Bonchev–Trinajstić information content (AvgIpc) is 3.13. The van der Waals surface area contributed by atoms with Crippen LogP contribution in [0.25, 0.3) is 0 Å². The topological polar surface area (TPSA) is 101 Å². The predicted molar refractivity (Wildman–Crippen MR) is 99.3 cm³/mol. The standard InChI is InChI=1S/C18H30N4O4/c1-10(15-19-11(8-25-15)13(23)21-17(2,3)4)16-20-12(9-26-16)14(24)22-18(5,6)7/h10-12H,8-9H2,1-7H3,(H,21,23)(H,22,24)/t11-,12-/m0/s1. The van der Waals surface area contributed by atoms with Crippen LogP contribution in [0, 0.1) is 5.92 Å². The summed E-state index contributed by atoms with van der Waals surface area (Å²) >= 11 is 0. The second kappa shape index (κ2) is 7.25. The van der Waals surface area contributed by atoms with Gasteiger partial charge in [0, 0.05) is 11.1 Å². The minimum atomic E-state index is -0.575. The number of hydrogen-bond acceptors (Lipinski definition) is 6. The van der Waals surface area contributed by atoms with Gasteiger partial charge in [-0.3, -0.25) is 9.59 Å². The van der Waals surface area contributed by atoms with Crippen LogP contribution in [0.4, 0.5) is 0 Å². The van der Waals surface area contributed by atoms with E-state index in [9.17, 15) is 9.59 Å². The third-order valence-electron chi connectivity index (χ3n) is 3.69. The highest BCUT2D eigenvalue weighted by Crippen LogP contribution is 2.19. The second-order valence-corrected chi connectivity index (χ2v) is 8.79. The molecule has 0 radical (unpaired) electrons. The van der Waals surface area contributed by atoms with E-state index in [1.165, 1.54) is 0 Å². The number of aliphatic imine (C=N–C) groups is 2. The number of hydrogen-bond donors (Lipinski definition) is 2. The normalized spacial score (nSPS) is 23.1. The van der Waals surface area contributed by atoms with E-state index >= 15 is 0 Å². The first-order chi connectivity index (χ1) is 11.9. The fourth-order valence-corrected chi connectivity index (χ4v) is 2.54. The van der Waals surface area contributed by atoms with Crippen molar-refractivity contribution in [1.82, 2.24) is 10.6 Å². The summed E-state index contributed by atoms with van der Waals surface area (Å²) in [6.45, 7) is 13.7. The van der Waals surface area contributed by atoms with E-state index < -0.39 is 12.1 Å². The Bertz CT molecular complexity index is 574. The number of nitrogens with one attached hydrogen (secondary N) is 2. The maximum atomic E-state index is 12.2. The van der Waals surface area contributed by atoms with Gasteiger partial charge in [-0.15, -0.1) is 0 Å². The molecular weight excluding hydrogens is 336 g/mol. The van der Waals surface area contributed by atoms with Crippen LogP contribution in [-0.2, 0) is 19.1 Å². The molecule has 2 N–H and O–H groups in total. The van der Waals surface area contributed by atoms with E-state index in [2.05, 4.69) is 20.6 Å². The Balaban J connectivity index is 2.00. The molecule has 146 valence electrons. The maximum Gasteiger partial charge on any atom is 0.248 e. The lowest BCUT2D eigenvalue weighted by molar-refractivity contribution is -0.124. The van der Waals surface area contributed by atoms with Crippen LogP contribution in [0.2, 0.25) is 0 Å². The largest absolute Gasteiger partial charge is 0.478 e. The lowest BCUT2D eigenvalue weighted by Crippen LogP contribution is -2.45. The van der Waals surface area contributed by atoms with Crippen molar-refractivity contribution >= 4 is 23.6 Å². The third kappa shape index (κ3) is 5.44. The van der Waals surface area contributed by atoms with Crippen LogP contribution in [0.5, 0.6) is 0 Å². The highest BCUT2D eigenvalue weighted by Gasteiger charge is 2.36. The van der Waals surface area contributed by atoms with Gasteiger partial charge in [0.2, 0.25) is 11.8 Å². The van der Waals surface area contributed by atoms with E-state index in [0.29, 0.717) is 11.8 Å². The van der Waals surface area contributed by atoms with Crippen molar-refractivity contribution in [3.63, 3.8) is 0 Å². The van der Waals surface area contributed by atoms with Crippen LogP contribution in [-0.4, -0.2) is 60.0 Å². The van der Waals surface area contributed by atoms with E-state index in [4.69, 9.17) is 9.47 Å².